The molecule has 5 heteroatoms. The van der Waals surface area contributed by atoms with E-state index in [9.17, 15) is 10.2 Å². The quantitative estimate of drug-likeness (QED) is 0.460. The van der Waals surface area contributed by atoms with Crippen LogP contribution >= 0.6 is 11.6 Å². The van der Waals surface area contributed by atoms with Crippen LogP contribution in [0.1, 0.15) is 12.5 Å². The Bertz CT molecular complexity index is 1120. The first kappa shape index (κ1) is 18.1. The van der Waals surface area contributed by atoms with Gasteiger partial charge >= 0.3 is 0 Å². The number of para-hydroxylation sites is 1. The summed E-state index contributed by atoms with van der Waals surface area (Å²) in [5.74, 6) is 0.426. The van der Waals surface area contributed by atoms with Crippen LogP contribution in [0.15, 0.2) is 72.8 Å². The number of benzene rings is 3. The van der Waals surface area contributed by atoms with Crippen LogP contribution in [0, 0.1) is 0 Å². The smallest absolute Gasteiger partial charge is 0.115 e. The fraction of sp³-hybridized carbons (Fsp3) is 0.0870. The van der Waals surface area contributed by atoms with Crippen LogP contribution < -0.4 is 0 Å². The Morgan fingerprint density at radius 2 is 1.39 bits per heavy atom. The van der Waals surface area contributed by atoms with E-state index in [1.54, 1.807) is 24.3 Å². The van der Waals surface area contributed by atoms with Crippen molar-refractivity contribution in [2.24, 2.45) is 0 Å². The molecule has 28 heavy (non-hydrogen) atoms. The SMILES string of the molecule is CCc1c(-c2ccc(O)cc2)nn(-c2ccccc2Cl)c1-c1ccc(O)cc1. The van der Waals surface area contributed by atoms with Gasteiger partial charge in [0.05, 0.1) is 22.1 Å². The highest BCUT2D eigenvalue weighted by Crippen LogP contribution is 2.37. The molecule has 4 rings (SSSR count). The van der Waals surface area contributed by atoms with Crippen molar-refractivity contribution in [3.63, 3.8) is 0 Å². The molecule has 0 spiro atoms. The molecule has 0 aliphatic carbocycles. The molecule has 0 amide bonds. The van der Waals surface area contributed by atoms with E-state index in [0.717, 1.165) is 40.2 Å². The van der Waals surface area contributed by atoms with Gasteiger partial charge in [-0.05, 0) is 67.1 Å². The van der Waals surface area contributed by atoms with Crippen LogP contribution in [0.2, 0.25) is 5.02 Å². The van der Waals surface area contributed by atoms with E-state index in [-0.39, 0.29) is 11.5 Å². The average molecular weight is 391 g/mol. The fourth-order valence-electron chi connectivity index (χ4n) is 3.35. The second-order valence-electron chi connectivity index (χ2n) is 6.49. The molecule has 4 aromatic rings. The van der Waals surface area contributed by atoms with Crippen molar-refractivity contribution < 1.29 is 10.2 Å². The number of halogens is 1. The van der Waals surface area contributed by atoms with Gasteiger partial charge in [0.25, 0.3) is 0 Å². The van der Waals surface area contributed by atoms with Gasteiger partial charge in [-0.25, -0.2) is 4.68 Å². The van der Waals surface area contributed by atoms with E-state index in [1.165, 1.54) is 0 Å². The van der Waals surface area contributed by atoms with E-state index in [2.05, 4.69) is 6.92 Å². The Morgan fingerprint density at radius 1 is 0.821 bits per heavy atom. The number of aromatic hydroxyl groups is 2. The Hall–Kier alpha value is -3.24. The van der Waals surface area contributed by atoms with E-state index >= 15 is 0 Å². The number of hydrogen-bond acceptors (Lipinski definition) is 3. The van der Waals surface area contributed by atoms with Crippen LogP contribution in [0.4, 0.5) is 0 Å². The van der Waals surface area contributed by atoms with Crippen molar-refractivity contribution in [1.82, 2.24) is 9.78 Å². The summed E-state index contributed by atoms with van der Waals surface area (Å²) >= 11 is 6.48. The molecule has 0 bridgehead atoms. The summed E-state index contributed by atoms with van der Waals surface area (Å²) in [7, 11) is 0. The van der Waals surface area contributed by atoms with Crippen LogP contribution in [0.25, 0.3) is 28.2 Å². The maximum absolute atomic E-state index is 9.70. The predicted molar refractivity (Wildman–Crippen MR) is 112 cm³/mol. The van der Waals surface area contributed by atoms with Crippen LogP contribution in [0.3, 0.4) is 0 Å². The zero-order valence-electron chi connectivity index (χ0n) is 15.3. The molecule has 4 nitrogen and oxygen atoms in total. The van der Waals surface area contributed by atoms with Crippen molar-refractivity contribution in [1.29, 1.82) is 0 Å². The minimum Gasteiger partial charge on any atom is -0.508 e. The zero-order chi connectivity index (χ0) is 19.7. The highest BCUT2D eigenvalue weighted by molar-refractivity contribution is 6.32. The summed E-state index contributed by atoms with van der Waals surface area (Å²) in [4.78, 5) is 0. The predicted octanol–water partition coefficient (Wildman–Crippen LogP) is 5.83. The van der Waals surface area contributed by atoms with Crippen molar-refractivity contribution in [2.45, 2.75) is 13.3 Å². The van der Waals surface area contributed by atoms with Crippen LogP contribution in [-0.2, 0) is 6.42 Å². The zero-order valence-corrected chi connectivity index (χ0v) is 16.1. The third kappa shape index (κ3) is 3.23. The van der Waals surface area contributed by atoms with E-state index in [1.807, 2.05) is 53.2 Å². The first-order valence-corrected chi connectivity index (χ1v) is 9.42. The molecule has 0 aliphatic rings. The maximum atomic E-state index is 9.70. The molecule has 0 radical (unpaired) electrons. The minimum atomic E-state index is 0.212. The molecule has 0 unspecified atom stereocenters. The Balaban J connectivity index is 2.02. The van der Waals surface area contributed by atoms with Gasteiger partial charge in [-0.1, -0.05) is 30.7 Å². The number of aromatic nitrogens is 2. The molecule has 0 fully saturated rings. The number of phenols is 2. The second kappa shape index (κ2) is 7.41. The van der Waals surface area contributed by atoms with E-state index in [4.69, 9.17) is 16.7 Å². The standard InChI is InChI=1S/C23H19ClN2O2/c1-2-19-22(15-7-11-17(27)12-8-15)25-26(21-6-4-3-5-20(21)24)23(19)16-9-13-18(28)14-10-16/h3-14,27-28H,2H2,1H3. The Labute approximate surface area is 168 Å². The lowest BCUT2D eigenvalue weighted by atomic mass is 9.99. The lowest BCUT2D eigenvalue weighted by molar-refractivity contribution is 0.475. The molecule has 1 heterocycles. The topological polar surface area (TPSA) is 58.3 Å². The number of phenolic OH excluding ortho intramolecular Hbond substituents is 2. The number of hydrogen-bond donors (Lipinski definition) is 2. The van der Waals surface area contributed by atoms with Crippen LogP contribution in [0.5, 0.6) is 11.5 Å². The molecule has 0 aliphatic heterocycles. The van der Waals surface area contributed by atoms with Gasteiger partial charge in [0.1, 0.15) is 11.5 Å². The largest absolute Gasteiger partial charge is 0.508 e. The number of rotatable bonds is 4. The first-order valence-electron chi connectivity index (χ1n) is 9.04. The maximum Gasteiger partial charge on any atom is 0.115 e. The van der Waals surface area contributed by atoms with Gasteiger partial charge in [-0.15, -0.1) is 0 Å². The van der Waals surface area contributed by atoms with Gasteiger partial charge < -0.3 is 10.2 Å². The lowest BCUT2D eigenvalue weighted by Gasteiger charge is -2.11. The molecular weight excluding hydrogens is 372 g/mol. The Morgan fingerprint density at radius 3 is 1.96 bits per heavy atom. The summed E-state index contributed by atoms with van der Waals surface area (Å²) in [6.07, 6.45) is 0.761. The first-order chi connectivity index (χ1) is 13.6. The van der Waals surface area contributed by atoms with E-state index in [0.29, 0.717) is 5.02 Å². The van der Waals surface area contributed by atoms with Gasteiger partial charge in [0.15, 0.2) is 0 Å². The van der Waals surface area contributed by atoms with Gasteiger partial charge in [0.2, 0.25) is 0 Å². The summed E-state index contributed by atoms with van der Waals surface area (Å²) in [5.41, 5.74) is 5.47. The van der Waals surface area contributed by atoms with Crippen molar-refractivity contribution in [2.75, 3.05) is 0 Å². The monoisotopic (exact) mass is 390 g/mol. The lowest BCUT2D eigenvalue weighted by Crippen LogP contribution is -2.00. The summed E-state index contributed by atoms with van der Waals surface area (Å²) in [6.45, 7) is 2.09. The van der Waals surface area contributed by atoms with Gasteiger partial charge in [-0.2, -0.15) is 5.10 Å². The molecule has 140 valence electrons. The average Bonchev–Trinajstić information content (AvgIpc) is 3.09. The molecule has 1 aromatic heterocycles. The summed E-state index contributed by atoms with van der Waals surface area (Å²) in [5, 5.41) is 24.8. The summed E-state index contributed by atoms with van der Waals surface area (Å²) in [6, 6.07) is 21.7. The van der Waals surface area contributed by atoms with E-state index < -0.39 is 0 Å². The third-order valence-corrected chi connectivity index (χ3v) is 5.02. The molecule has 0 saturated heterocycles. The highest BCUT2D eigenvalue weighted by Gasteiger charge is 2.21. The highest BCUT2D eigenvalue weighted by atomic mass is 35.5. The molecule has 0 atom stereocenters. The van der Waals surface area contributed by atoms with Crippen molar-refractivity contribution in [3.8, 4) is 39.7 Å². The van der Waals surface area contributed by atoms with Crippen molar-refractivity contribution in [3.05, 3.63) is 83.4 Å². The minimum absolute atomic E-state index is 0.212. The Kier molecular flexibility index (Phi) is 4.80. The third-order valence-electron chi connectivity index (χ3n) is 4.70. The van der Waals surface area contributed by atoms with Gasteiger partial charge in [0, 0.05) is 16.7 Å². The second-order valence-corrected chi connectivity index (χ2v) is 6.89. The molecule has 0 saturated carbocycles. The fourth-order valence-corrected chi connectivity index (χ4v) is 3.57. The summed E-state index contributed by atoms with van der Waals surface area (Å²) < 4.78 is 1.86. The molecule has 3 aromatic carbocycles. The molecule has 2 N–H and O–H groups in total. The number of nitrogens with zero attached hydrogens (tertiary/aromatic N) is 2. The molecular formula is C23H19ClN2O2. The normalized spacial score (nSPS) is 10.9. The van der Waals surface area contributed by atoms with Gasteiger partial charge in [-0.3, -0.25) is 0 Å². The van der Waals surface area contributed by atoms with Crippen LogP contribution in [-0.4, -0.2) is 20.0 Å². The van der Waals surface area contributed by atoms with Crippen molar-refractivity contribution >= 4 is 11.6 Å².